The summed E-state index contributed by atoms with van der Waals surface area (Å²) in [6.45, 7) is 7.90. The maximum atomic E-state index is 13.5. The van der Waals surface area contributed by atoms with E-state index < -0.39 is 11.7 Å². The zero-order valence-corrected chi connectivity index (χ0v) is 22.1. The molecule has 0 unspecified atom stereocenters. The second-order valence-corrected chi connectivity index (χ2v) is 10.3. The predicted octanol–water partition coefficient (Wildman–Crippen LogP) is 6.48. The van der Waals surface area contributed by atoms with Crippen LogP contribution in [0.3, 0.4) is 0 Å². The van der Waals surface area contributed by atoms with E-state index in [1.165, 1.54) is 30.9 Å². The van der Waals surface area contributed by atoms with Crippen LogP contribution in [0, 0.1) is 0 Å². The number of aromatic nitrogens is 4. The van der Waals surface area contributed by atoms with Crippen molar-refractivity contribution in [1.82, 2.24) is 24.8 Å². The molecule has 0 fully saturated rings. The number of hydrogen-bond donors (Lipinski definition) is 1. The molecular weight excluding hydrogens is 493 g/mol. The third-order valence-electron chi connectivity index (χ3n) is 5.92. The fourth-order valence-electron chi connectivity index (χ4n) is 4.07. The van der Waals surface area contributed by atoms with Crippen LogP contribution in [0.1, 0.15) is 38.3 Å². The second kappa shape index (κ2) is 10.9. The highest BCUT2D eigenvalue weighted by Crippen LogP contribution is 2.37. The van der Waals surface area contributed by atoms with E-state index in [1.807, 2.05) is 32.3 Å². The van der Waals surface area contributed by atoms with Crippen LogP contribution in [-0.4, -0.2) is 52.1 Å². The number of alkyl halides is 3. The quantitative estimate of drug-likeness (QED) is 0.265. The van der Waals surface area contributed by atoms with Crippen LogP contribution in [0.4, 0.5) is 24.7 Å². The van der Waals surface area contributed by atoms with Gasteiger partial charge >= 0.3 is 6.18 Å². The first kappa shape index (κ1) is 27.3. The Morgan fingerprint density at radius 3 is 2.45 bits per heavy atom. The zero-order chi connectivity index (χ0) is 27.5. The average Bonchev–Trinajstić information content (AvgIpc) is 2.85. The molecule has 0 radical (unpaired) electrons. The monoisotopic (exact) mass is 524 g/mol. The van der Waals surface area contributed by atoms with Gasteiger partial charge in [0.05, 0.1) is 23.4 Å². The molecule has 0 saturated carbocycles. The Hall–Kier alpha value is -3.79. The third kappa shape index (κ3) is 6.36. The second-order valence-electron chi connectivity index (χ2n) is 10.3. The van der Waals surface area contributed by atoms with E-state index in [2.05, 4.69) is 50.9 Å². The highest BCUT2D eigenvalue weighted by atomic mass is 19.4. The molecule has 3 aromatic heterocycles. The summed E-state index contributed by atoms with van der Waals surface area (Å²) in [6.07, 6.45) is 0.382. The van der Waals surface area contributed by atoms with Crippen LogP contribution in [-0.2, 0) is 11.6 Å². The number of benzene rings is 1. The SMILES string of the molecule is CN(C)CCCOc1cc(Nc2ncnc3cc(-c4ncccc4C(F)(F)F)cnc23)ccc1C(C)(C)C. The minimum absolute atomic E-state index is 0.115. The molecule has 4 aromatic rings. The van der Waals surface area contributed by atoms with Crippen LogP contribution in [0.2, 0.25) is 0 Å². The smallest absolute Gasteiger partial charge is 0.418 e. The molecular formula is C28H31F3N6O. The van der Waals surface area contributed by atoms with E-state index in [0.29, 0.717) is 23.5 Å². The van der Waals surface area contributed by atoms with Gasteiger partial charge in [0.1, 0.15) is 17.6 Å². The number of pyridine rings is 2. The highest BCUT2D eigenvalue weighted by Gasteiger charge is 2.34. The van der Waals surface area contributed by atoms with Gasteiger partial charge in [0.15, 0.2) is 5.82 Å². The van der Waals surface area contributed by atoms with Crippen molar-refractivity contribution in [3.8, 4) is 17.0 Å². The molecule has 3 heterocycles. The first-order valence-electron chi connectivity index (χ1n) is 12.3. The molecule has 4 rings (SSSR count). The maximum Gasteiger partial charge on any atom is 0.418 e. The molecule has 0 aliphatic heterocycles. The number of anilines is 2. The highest BCUT2D eigenvalue weighted by molar-refractivity contribution is 5.89. The Labute approximate surface area is 220 Å². The number of rotatable bonds is 8. The van der Waals surface area contributed by atoms with Crippen LogP contribution in [0.15, 0.2) is 55.1 Å². The van der Waals surface area contributed by atoms with Crippen molar-refractivity contribution < 1.29 is 17.9 Å². The Morgan fingerprint density at radius 1 is 0.947 bits per heavy atom. The van der Waals surface area contributed by atoms with Crippen LogP contribution >= 0.6 is 0 Å². The van der Waals surface area contributed by atoms with Gasteiger partial charge < -0.3 is 15.0 Å². The minimum atomic E-state index is -4.54. The summed E-state index contributed by atoms with van der Waals surface area (Å²) in [4.78, 5) is 19.0. The molecule has 200 valence electrons. The van der Waals surface area contributed by atoms with E-state index in [-0.39, 0.29) is 16.7 Å². The summed E-state index contributed by atoms with van der Waals surface area (Å²) in [5, 5.41) is 3.27. The van der Waals surface area contributed by atoms with Gasteiger partial charge in [-0.1, -0.05) is 26.8 Å². The van der Waals surface area contributed by atoms with Crippen LogP contribution in [0.25, 0.3) is 22.3 Å². The van der Waals surface area contributed by atoms with Crippen LogP contribution in [0.5, 0.6) is 5.75 Å². The van der Waals surface area contributed by atoms with Crippen molar-refractivity contribution in [3.63, 3.8) is 0 Å². The van der Waals surface area contributed by atoms with Gasteiger partial charge in [0.2, 0.25) is 0 Å². The average molecular weight is 525 g/mol. The lowest BCUT2D eigenvalue weighted by atomic mass is 9.86. The van der Waals surface area contributed by atoms with Crippen molar-refractivity contribution in [1.29, 1.82) is 0 Å². The van der Waals surface area contributed by atoms with Crippen molar-refractivity contribution in [3.05, 3.63) is 66.2 Å². The third-order valence-corrected chi connectivity index (χ3v) is 5.92. The Morgan fingerprint density at radius 2 is 1.74 bits per heavy atom. The van der Waals surface area contributed by atoms with E-state index in [9.17, 15) is 13.2 Å². The summed E-state index contributed by atoms with van der Waals surface area (Å²) in [7, 11) is 4.06. The van der Waals surface area contributed by atoms with Gasteiger partial charge in [-0.2, -0.15) is 13.2 Å². The van der Waals surface area contributed by atoms with Crippen molar-refractivity contribution in [2.24, 2.45) is 0 Å². The molecule has 0 aliphatic rings. The molecule has 0 atom stereocenters. The minimum Gasteiger partial charge on any atom is -0.493 e. The summed E-state index contributed by atoms with van der Waals surface area (Å²) >= 11 is 0. The Kier molecular flexibility index (Phi) is 7.82. The lowest BCUT2D eigenvalue weighted by molar-refractivity contribution is -0.137. The fourth-order valence-corrected chi connectivity index (χ4v) is 4.07. The molecule has 1 aromatic carbocycles. The van der Waals surface area contributed by atoms with Gasteiger partial charge in [-0.05, 0) is 55.8 Å². The number of hydrogen-bond acceptors (Lipinski definition) is 7. The number of nitrogens with zero attached hydrogens (tertiary/aromatic N) is 5. The number of fused-ring (bicyclic) bond motifs is 1. The molecule has 0 spiro atoms. The summed E-state index contributed by atoms with van der Waals surface area (Å²) in [6, 6.07) is 9.70. The normalized spacial score (nSPS) is 12.2. The van der Waals surface area contributed by atoms with Gasteiger partial charge in [0, 0.05) is 36.3 Å². The van der Waals surface area contributed by atoms with E-state index in [4.69, 9.17) is 4.74 Å². The molecule has 0 amide bonds. The number of nitrogens with one attached hydrogen (secondary N) is 1. The topological polar surface area (TPSA) is 76.1 Å². The number of ether oxygens (including phenoxy) is 1. The molecule has 38 heavy (non-hydrogen) atoms. The molecule has 0 aliphatic carbocycles. The zero-order valence-electron chi connectivity index (χ0n) is 22.1. The standard InChI is InChI=1S/C28H31F3N6O/c1-27(2,3)20-10-9-19(15-23(20)38-13-7-12-37(4)5)36-26-25-22(34-17-35-26)14-18(16-33-25)24-21(28(29,30)31)8-6-11-32-24/h6,8-11,14-17H,7,12-13H2,1-5H3,(H,34,35,36). The van der Waals surface area contributed by atoms with Gasteiger partial charge in [-0.15, -0.1) is 0 Å². The summed E-state index contributed by atoms with van der Waals surface area (Å²) in [5.74, 6) is 1.21. The molecule has 1 N–H and O–H groups in total. The first-order valence-corrected chi connectivity index (χ1v) is 12.3. The molecule has 0 saturated heterocycles. The Bertz CT molecular complexity index is 1420. The van der Waals surface area contributed by atoms with E-state index in [1.54, 1.807) is 0 Å². The number of halogens is 3. The fraction of sp³-hybridized carbons (Fsp3) is 0.357. The lowest BCUT2D eigenvalue weighted by Gasteiger charge is -2.24. The van der Waals surface area contributed by atoms with Gasteiger partial charge in [-0.25, -0.2) is 15.0 Å². The predicted molar refractivity (Wildman–Crippen MR) is 143 cm³/mol. The molecule has 7 nitrogen and oxygen atoms in total. The van der Waals surface area contributed by atoms with Crippen molar-refractivity contribution >= 4 is 22.5 Å². The largest absolute Gasteiger partial charge is 0.493 e. The Balaban J connectivity index is 1.65. The van der Waals surface area contributed by atoms with Crippen molar-refractivity contribution in [2.75, 3.05) is 32.6 Å². The van der Waals surface area contributed by atoms with Gasteiger partial charge in [0.25, 0.3) is 0 Å². The van der Waals surface area contributed by atoms with E-state index in [0.717, 1.165) is 36.0 Å². The summed E-state index contributed by atoms with van der Waals surface area (Å²) in [5.41, 5.74) is 1.73. The maximum absolute atomic E-state index is 13.5. The van der Waals surface area contributed by atoms with Crippen molar-refractivity contribution in [2.45, 2.75) is 38.8 Å². The van der Waals surface area contributed by atoms with E-state index >= 15 is 0 Å². The summed E-state index contributed by atoms with van der Waals surface area (Å²) < 4.78 is 46.7. The van der Waals surface area contributed by atoms with Gasteiger partial charge in [-0.3, -0.25) is 4.98 Å². The molecule has 10 heteroatoms. The van der Waals surface area contributed by atoms with Crippen LogP contribution < -0.4 is 10.1 Å². The first-order chi connectivity index (χ1) is 17.9. The lowest BCUT2D eigenvalue weighted by Crippen LogP contribution is -2.17. The molecule has 0 bridgehead atoms.